The average molecular weight is 284 g/mol. The van der Waals surface area contributed by atoms with Crippen molar-refractivity contribution in [2.75, 3.05) is 18.0 Å². The van der Waals surface area contributed by atoms with Gasteiger partial charge in [-0.2, -0.15) is 0 Å². The van der Waals surface area contributed by atoms with Gasteiger partial charge in [-0.15, -0.1) is 0 Å². The number of anilines is 1. The van der Waals surface area contributed by atoms with Gasteiger partial charge >= 0.3 is 0 Å². The molecule has 1 rings (SSSR count). The molecule has 3 N–H and O–H groups in total. The molecule has 106 valence electrons. The van der Waals surface area contributed by atoms with Gasteiger partial charge in [0.25, 0.3) is 0 Å². The topological polar surface area (TPSA) is 89.3 Å². The van der Waals surface area contributed by atoms with Crippen LogP contribution in [0.15, 0.2) is 23.1 Å². The summed E-state index contributed by atoms with van der Waals surface area (Å²) in [5.41, 5.74) is 6.62. The SMILES string of the molecule is Cc1ccc(N)c(S(=O)(=O)CC(=O)NCC(C)C)c1. The highest BCUT2D eigenvalue weighted by molar-refractivity contribution is 7.92. The Morgan fingerprint density at radius 1 is 1.37 bits per heavy atom. The molecule has 0 unspecified atom stereocenters. The molecule has 0 aromatic heterocycles. The van der Waals surface area contributed by atoms with Gasteiger partial charge in [-0.3, -0.25) is 4.79 Å². The van der Waals surface area contributed by atoms with Crippen molar-refractivity contribution in [3.05, 3.63) is 23.8 Å². The third kappa shape index (κ3) is 4.55. The molecule has 0 aliphatic heterocycles. The molecule has 0 atom stereocenters. The van der Waals surface area contributed by atoms with Crippen LogP contribution in [0.4, 0.5) is 5.69 Å². The third-order valence-corrected chi connectivity index (χ3v) is 4.20. The summed E-state index contributed by atoms with van der Waals surface area (Å²) in [5.74, 6) is -0.807. The molecule has 0 aliphatic rings. The number of amides is 1. The number of nitrogens with one attached hydrogen (secondary N) is 1. The second-order valence-electron chi connectivity index (χ2n) is 5.00. The number of benzene rings is 1. The molecule has 0 fully saturated rings. The summed E-state index contributed by atoms with van der Waals surface area (Å²) in [6.07, 6.45) is 0. The Hall–Kier alpha value is -1.56. The van der Waals surface area contributed by atoms with E-state index in [1.165, 1.54) is 12.1 Å². The molecule has 0 saturated heterocycles. The van der Waals surface area contributed by atoms with Crippen molar-refractivity contribution in [3.8, 4) is 0 Å². The molecule has 1 aromatic carbocycles. The lowest BCUT2D eigenvalue weighted by atomic mass is 10.2. The molecular formula is C13H20N2O3S. The molecule has 0 bridgehead atoms. The molecule has 0 aliphatic carbocycles. The van der Waals surface area contributed by atoms with E-state index in [1.807, 2.05) is 13.8 Å². The third-order valence-electron chi connectivity index (χ3n) is 2.53. The fraction of sp³-hybridized carbons (Fsp3) is 0.462. The number of sulfone groups is 1. The number of aryl methyl sites for hydroxylation is 1. The summed E-state index contributed by atoms with van der Waals surface area (Å²) in [6, 6.07) is 4.75. The van der Waals surface area contributed by atoms with E-state index < -0.39 is 21.5 Å². The van der Waals surface area contributed by atoms with E-state index in [4.69, 9.17) is 5.73 Å². The van der Waals surface area contributed by atoms with Gasteiger partial charge < -0.3 is 11.1 Å². The zero-order valence-electron chi connectivity index (χ0n) is 11.4. The smallest absolute Gasteiger partial charge is 0.235 e. The first-order valence-electron chi connectivity index (χ1n) is 6.08. The number of carbonyl (C=O) groups excluding carboxylic acids is 1. The minimum Gasteiger partial charge on any atom is -0.398 e. The highest BCUT2D eigenvalue weighted by atomic mass is 32.2. The van der Waals surface area contributed by atoms with Crippen molar-refractivity contribution in [2.24, 2.45) is 5.92 Å². The van der Waals surface area contributed by atoms with Gasteiger partial charge in [-0.25, -0.2) is 8.42 Å². The van der Waals surface area contributed by atoms with Crippen molar-refractivity contribution < 1.29 is 13.2 Å². The summed E-state index contributed by atoms with van der Waals surface area (Å²) in [7, 11) is -3.70. The summed E-state index contributed by atoms with van der Waals surface area (Å²) >= 11 is 0. The van der Waals surface area contributed by atoms with Crippen LogP contribution in [0.3, 0.4) is 0 Å². The van der Waals surface area contributed by atoms with Crippen molar-refractivity contribution in [2.45, 2.75) is 25.7 Å². The van der Waals surface area contributed by atoms with Crippen LogP contribution < -0.4 is 11.1 Å². The van der Waals surface area contributed by atoms with Crippen LogP contribution >= 0.6 is 0 Å². The molecule has 5 nitrogen and oxygen atoms in total. The maximum absolute atomic E-state index is 12.1. The second kappa shape index (κ2) is 6.06. The zero-order chi connectivity index (χ0) is 14.6. The molecule has 0 heterocycles. The fourth-order valence-electron chi connectivity index (χ4n) is 1.53. The highest BCUT2D eigenvalue weighted by Crippen LogP contribution is 2.20. The first-order valence-corrected chi connectivity index (χ1v) is 7.73. The lowest BCUT2D eigenvalue weighted by molar-refractivity contribution is -0.118. The number of hydrogen-bond donors (Lipinski definition) is 2. The van der Waals surface area contributed by atoms with Gasteiger partial charge in [-0.05, 0) is 30.5 Å². The summed E-state index contributed by atoms with van der Waals surface area (Å²) in [4.78, 5) is 11.6. The zero-order valence-corrected chi connectivity index (χ0v) is 12.3. The largest absolute Gasteiger partial charge is 0.398 e. The van der Waals surface area contributed by atoms with E-state index in [1.54, 1.807) is 13.0 Å². The van der Waals surface area contributed by atoms with Gasteiger partial charge in [0, 0.05) is 6.54 Å². The van der Waals surface area contributed by atoms with Crippen molar-refractivity contribution in [1.29, 1.82) is 0 Å². The van der Waals surface area contributed by atoms with Gasteiger partial charge in [0.2, 0.25) is 5.91 Å². The number of nitrogen functional groups attached to an aromatic ring is 1. The minimum absolute atomic E-state index is 0.0206. The van der Waals surface area contributed by atoms with Crippen molar-refractivity contribution in [1.82, 2.24) is 5.32 Å². The number of nitrogens with two attached hydrogens (primary N) is 1. The second-order valence-corrected chi connectivity index (χ2v) is 6.96. The Kier molecular flexibility index (Phi) is 4.94. The Bertz CT molecular complexity index is 565. The van der Waals surface area contributed by atoms with Crippen LogP contribution in [0.2, 0.25) is 0 Å². The predicted octanol–water partition coefficient (Wildman–Crippen LogP) is 1.12. The lowest BCUT2D eigenvalue weighted by Crippen LogP contribution is -2.33. The van der Waals surface area contributed by atoms with Crippen LogP contribution in [-0.2, 0) is 14.6 Å². The molecule has 0 spiro atoms. The molecule has 6 heteroatoms. The first-order chi connectivity index (χ1) is 8.72. The predicted molar refractivity (Wildman–Crippen MR) is 75.5 cm³/mol. The van der Waals surface area contributed by atoms with E-state index in [2.05, 4.69) is 5.32 Å². The van der Waals surface area contributed by atoms with Gasteiger partial charge in [0.1, 0.15) is 5.75 Å². The molecule has 0 radical (unpaired) electrons. The van der Waals surface area contributed by atoms with Crippen molar-refractivity contribution >= 4 is 21.4 Å². The first kappa shape index (κ1) is 15.5. The monoisotopic (exact) mass is 284 g/mol. The Labute approximate surface area is 114 Å². The maximum Gasteiger partial charge on any atom is 0.235 e. The van der Waals surface area contributed by atoms with Gasteiger partial charge in [0.15, 0.2) is 9.84 Å². The van der Waals surface area contributed by atoms with Crippen LogP contribution in [0.25, 0.3) is 0 Å². The Morgan fingerprint density at radius 3 is 2.58 bits per heavy atom. The molecule has 1 aromatic rings. The minimum atomic E-state index is -3.70. The van der Waals surface area contributed by atoms with E-state index in [9.17, 15) is 13.2 Å². The van der Waals surface area contributed by atoms with E-state index in [-0.39, 0.29) is 16.5 Å². The van der Waals surface area contributed by atoms with Gasteiger partial charge in [0.05, 0.1) is 10.6 Å². The van der Waals surface area contributed by atoms with Crippen LogP contribution in [-0.4, -0.2) is 26.6 Å². The van der Waals surface area contributed by atoms with E-state index in [0.29, 0.717) is 6.54 Å². The normalized spacial score (nSPS) is 11.6. The standard InChI is InChI=1S/C13H20N2O3S/c1-9(2)7-15-13(16)8-19(17,18)12-6-10(3)4-5-11(12)14/h4-6,9H,7-8,14H2,1-3H3,(H,15,16). The van der Waals surface area contributed by atoms with Crippen LogP contribution in [0.1, 0.15) is 19.4 Å². The maximum atomic E-state index is 12.1. The Balaban J connectivity index is 2.87. The molecule has 0 saturated carbocycles. The van der Waals surface area contributed by atoms with Gasteiger partial charge in [-0.1, -0.05) is 19.9 Å². The van der Waals surface area contributed by atoms with Crippen molar-refractivity contribution in [3.63, 3.8) is 0 Å². The number of carbonyl (C=O) groups is 1. The van der Waals surface area contributed by atoms with Crippen LogP contribution in [0.5, 0.6) is 0 Å². The average Bonchev–Trinajstić information content (AvgIpc) is 2.29. The van der Waals surface area contributed by atoms with E-state index >= 15 is 0 Å². The summed E-state index contributed by atoms with van der Waals surface area (Å²) < 4.78 is 24.2. The lowest BCUT2D eigenvalue weighted by Gasteiger charge is -2.10. The molecule has 1 amide bonds. The summed E-state index contributed by atoms with van der Waals surface area (Å²) in [6.45, 7) is 6.11. The molecular weight excluding hydrogens is 264 g/mol. The van der Waals surface area contributed by atoms with Crippen LogP contribution in [0, 0.1) is 12.8 Å². The molecule has 19 heavy (non-hydrogen) atoms. The number of rotatable bonds is 5. The fourth-order valence-corrected chi connectivity index (χ4v) is 2.93. The van der Waals surface area contributed by atoms with E-state index in [0.717, 1.165) is 5.56 Å². The Morgan fingerprint density at radius 2 is 2.00 bits per heavy atom. The summed E-state index contributed by atoms with van der Waals surface area (Å²) in [5, 5.41) is 2.58. The quantitative estimate of drug-likeness (QED) is 0.793. The highest BCUT2D eigenvalue weighted by Gasteiger charge is 2.21. The number of hydrogen-bond acceptors (Lipinski definition) is 4.